The average Bonchev–Trinajstić information content (AvgIpc) is 2.13. The zero-order chi connectivity index (χ0) is 6.85. The van der Waals surface area contributed by atoms with Crippen molar-refractivity contribution in [2.45, 2.75) is 19.8 Å². The molecule has 1 rings (SSSR count). The molecule has 0 saturated carbocycles. The molecule has 0 radical (unpaired) electrons. The molecule has 0 aliphatic heterocycles. The van der Waals surface area contributed by atoms with Crippen molar-refractivity contribution < 1.29 is 4.52 Å². The summed E-state index contributed by atoms with van der Waals surface area (Å²) in [4.78, 5) is 0. The van der Waals surface area contributed by atoms with E-state index in [0.717, 1.165) is 5.66 Å². The maximum atomic E-state index is 4.88. The molecule has 0 atom stereocenters. The second kappa shape index (κ2) is 2.25. The van der Waals surface area contributed by atoms with Crippen LogP contribution in [0.1, 0.15) is 25.3 Å². The molecule has 0 aliphatic rings. The molecular formula is C6H10BNO. The summed E-state index contributed by atoms with van der Waals surface area (Å²) in [5.74, 6) is 0.524. The van der Waals surface area contributed by atoms with Crippen molar-refractivity contribution in [1.29, 1.82) is 0 Å². The zero-order valence-corrected chi connectivity index (χ0v) is 6.01. The smallest absolute Gasteiger partial charge is 0.190 e. The van der Waals surface area contributed by atoms with Gasteiger partial charge in [0, 0.05) is 5.56 Å². The van der Waals surface area contributed by atoms with Gasteiger partial charge in [-0.2, -0.15) is 0 Å². The number of nitrogens with zero attached hydrogens (tertiary/aromatic N) is 1. The van der Waals surface area contributed by atoms with Crippen molar-refractivity contribution in [1.82, 2.24) is 5.16 Å². The van der Waals surface area contributed by atoms with E-state index in [-0.39, 0.29) is 0 Å². The lowest BCUT2D eigenvalue weighted by Gasteiger charge is -1.97. The standard InChI is InChI=1S/C6H10BNO/c1-4(2)5-3-8-9-6(5)7/h3-4H,7H2,1-2H3. The summed E-state index contributed by atoms with van der Waals surface area (Å²) in [6, 6.07) is 0. The van der Waals surface area contributed by atoms with Gasteiger partial charge in [-0.1, -0.05) is 19.0 Å². The van der Waals surface area contributed by atoms with Gasteiger partial charge in [0.15, 0.2) is 7.85 Å². The van der Waals surface area contributed by atoms with E-state index in [0.29, 0.717) is 5.92 Å². The molecule has 2 nitrogen and oxygen atoms in total. The molecule has 0 aromatic carbocycles. The first kappa shape index (κ1) is 6.40. The number of hydrogen-bond donors (Lipinski definition) is 0. The zero-order valence-electron chi connectivity index (χ0n) is 6.01. The number of rotatable bonds is 1. The van der Waals surface area contributed by atoms with Crippen molar-refractivity contribution in [2.75, 3.05) is 0 Å². The van der Waals surface area contributed by atoms with Gasteiger partial charge < -0.3 is 4.52 Å². The van der Waals surface area contributed by atoms with Gasteiger partial charge in [0.05, 0.1) is 11.9 Å². The van der Waals surface area contributed by atoms with Gasteiger partial charge in [0.25, 0.3) is 0 Å². The van der Waals surface area contributed by atoms with Gasteiger partial charge in [0.2, 0.25) is 0 Å². The van der Waals surface area contributed by atoms with Crippen LogP contribution in [0, 0.1) is 0 Å². The predicted octanol–water partition coefficient (Wildman–Crippen LogP) is 0.0564. The molecule has 3 heteroatoms. The molecule has 0 spiro atoms. The summed E-state index contributed by atoms with van der Waals surface area (Å²) in [5.41, 5.74) is 2.14. The van der Waals surface area contributed by atoms with Crippen LogP contribution in [0.2, 0.25) is 0 Å². The Kier molecular flexibility index (Phi) is 1.60. The van der Waals surface area contributed by atoms with Crippen LogP contribution in [-0.2, 0) is 0 Å². The number of aromatic nitrogens is 1. The molecule has 0 saturated heterocycles. The topological polar surface area (TPSA) is 26.0 Å². The Balaban J connectivity index is 2.94. The van der Waals surface area contributed by atoms with Crippen molar-refractivity contribution in [2.24, 2.45) is 0 Å². The molecule has 48 valence electrons. The summed E-state index contributed by atoms with van der Waals surface area (Å²) in [7, 11) is 1.93. The monoisotopic (exact) mass is 123 g/mol. The fourth-order valence-corrected chi connectivity index (χ4v) is 0.861. The van der Waals surface area contributed by atoms with Gasteiger partial charge >= 0.3 is 0 Å². The summed E-state index contributed by atoms with van der Waals surface area (Å²) in [5, 5.41) is 3.67. The van der Waals surface area contributed by atoms with Crippen LogP contribution in [0.15, 0.2) is 10.7 Å². The first-order valence-electron chi connectivity index (χ1n) is 3.13. The summed E-state index contributed by atoms with van der Waals surface area (Å²) in [6.07, 6.45) is 1.78. The largest absolute Gasteiger partial charge is 0.372 e. The van der Waals surface area contributed by atoms with Gasteiger partial charge in [-0.25, -0.2) is 0 Å². The summed E-state index contributed by atoms with van der Waals surface area (Å²) < 4.78 is 4.88. The highest BCUT2D eigenvalue weighted by Gasteiger charge is 2.04. The summed E-state index contributed by atoms with van der Waals surface area (Å²) in [6.45, 7) is 4.25. The minimum absolute atomic E-state index is 0.524. The SMILES string of the molecule is Bc1oncc1C(C)C. The van der Waals surface area contributed by atoms with E-state index in [1.165, 1.54) is 5.56 Å². The van der Waals surface area contributed by atoms with E-state index in [4.69, 9.17) is 4.52 Å². The molecule has 1 aromatic rings. The van der Waals surface area contributed by atoms with Crippen LogP contribution in [0.5, 0.6) is 0 Å². The second-order valence-electron chi connectivity index (χ2n) is 2.49. The highest BCUT2D eigenvalue weighted by Crippen LogP contribution is 2.08. The Morgan fingerprint density at radius 1 is 1.67 bits per heavy atom. The van der Waals surface area contributed by atoms with Gasteiger partial charge in [-0.05, 0) is 5.92 Å². The quantitative estimate of drug-likeness (QED) is 0.493. The van der Waals surface area contributed by atoms with Crippen molar-refractivity contribution in [3.05, 3.63) is 11.8 Å². The maximum absolute atomic E-state index is 4.88. The Morgan fingerprint density at radius 3 is 2.56 bits per heavy atom. The lowest BCUT2D eigenvalue weighted by atomic mass is 9.94. The number of hydrogen-bond acceptors (Lipinski definition) is 2. The normalized spacial score (nSPS) is 10.6. The van der Waals surface area contributed by atoms with Crippen LogP contribution < -0.4 is 5.66 Å². The van der Waals surface area contributed by atoms with Gasteiger partial charge in [-0.3, -0.25) is 0 Å². The van der Waals surface area contributed by atoms with Crippen LogP contribution in [0.3, 0.4) is 0 Å². The molecule has 0 aliphatic carbocycles. The van der Waals surface area contributed by atoms with Crippen molar-refractivity contribution >= 4 is 13.5 Å². The van der Waals surface area contributed by atoms with Crippen LogP contribution in [0.25, 0.3) is 0 Å². The molecule has 0 bridgehead atoms. The van der Waals surface area contributed by atoms with Crippen LogP contribution >= 0.6 is 0 Å². The molecule has 0 N–H and O–H groups in total. The van der Waals surface area contributed by atoms with Gasteiger partial charge in [0.1, 0.15) is 0 Å². The van der Waals surface area contributed by atoms with E-state index in [1.54, 1.807) is 6.20 Å². The molecule has 0 fully saturated rings. The lowest BCUT2D eigenvalue weighted by Crippen LogP contribution is -2.05. The molecule has 0 amide bonds. The fourth-order valence-electron chi connectivity index (χ4n) is 0.861. The molecular weight excluding hydrogens is 113 g/mol. The van der Waals surface area contributed by atoms with Crippen molar-refractivity contribution in [3.63, 3.8) is 0 Å². The third kappa shape index (κ3) is 1.15. The highest BCUT2D eigenvalue weighted by molar-refractivity contribution is 6.30. The second-order valence-corrected chi connectivity index (χ2v) is 2.49. The van der Waals surface area contributed by atoms with Crippen molar-refractivity contribution in [3.8, 4) is 0 Å². The van der Waals surface area contributed by atoms with Crippen LogP contribution in [-0.4, -0.2) is 13.0 Å². The fraction of sp³-hybridized carbons (Fsp3) is 0.500. The third-order valence-corrected chi connectivity index (χ3v) is 1.41. The third-order valence-electron chi connectivity index (χ3n) is 1.41. The Morgan fingerprint density at radius 2 is 2.33 bits per heavy atom. The van der Waals surface area contributed by atoms with E-state index in [2.05, 4.69) is 19.0 Å². The molecule has 1 heterocycles. The first-order valence-corrected chi connectivity index (χ1v) is 3.13. The Labute approximate surface area is 55.6 Å². The van der Waals surface area contributed by atoms with E-state index >= 15 is 0 Å². The molecule has 1 aromatic heterocycles. The Hall–Kier alpha value is -0.725. The van der Waals surface area contributed by atoms with Crippen LogP contribution in [0.4, 0.5) is 0 Å². The lowest BCUT2D eigenvalue weighted by molar-refractivity contribution is 0.445. The van der Waals surface area contributed by atoms with E-state index < -0.39 is 0 Å². The van der Waals surface area contributed by atoms with E-state index in [1.807, 2.05) is 7.85 Å². The van der Waals surface area contributed by atoms with E-state index in [9.17, 15) is 0 Å². The maximum Gasteiger partial charge on any atom is 0.190 e. The van der Waals surface area contributed by atoms with Gasteiger partial charge in [-0.15, -0.1) is 0 Å². The highest BCUT2D eigenvalue weighted by atomic mass is 16.5. The predicted molar refractivity (Wildman–Crippen MR) is 38.8 cm³/mol. The molecule has 9 heavy (non-hydrogen) atoms. The Bertz CT molecular complexity index is 195. The molecule has 0 unspecified atom stereocenters. The minimum Gasteiger partial charge on any atom is -0.372 e. The first-order chi connectivity index (χ1) is 4.22. The minimum atomic E-state index is 0.524. The average molecular weight is 123 g/mol. The summed E-state index contributed by atoms with van der Waals surface area (Å²) >= 11 is 0.